The third-order valence-electron chi connectivity index (χ3n) is 4.15. The standard InChI is InChI=1S/C21H27NO2/c1-14(2)19-8-6-7-9-20(19)24-17(5)21(23)22-16(4)18-12-10-15(3)11-13-18/h6-14,16-17H,1-5H3,(H,22,23). The van der Waals surface area contributed by atoms with Crippen molar-refractivity contribution in [1.29, 1.82) is 0 Å². The highest BCUT2D eigenvalue weighted by atomic mass is 16.5. The smallest absolute Gasteiger partial charge is 0.261 e. The van der Waals surface area contributed by atoms with Crippen molar-refractivity contribution in [3.8, 4) is 5.75 Å². The van der Waals surface area contributed by atoms with E-state index in [4.69, 9.17) is 4.74 Å². The summed E-state index contributed by atoms with van der Waals surface area (Å²) in [6.45, 7) is 10.1. The number of hydrogen-bond donors (Lipinski definition) is 1. The van der Waals surface area contributed by atoms with E-state index in [9.17, 15) is 4.79 Å². The number of aryl methyl sites for hydroxylation is 1. The lowest BCUT2D eigenvalue weighted by Gasteiger charge is -2.21. The Labute approximate surface area is 145 Å². The van der Waals surface area contributed by atoms with E-state index in [1.54, 1.807) is 6.92 Å². The Morgan fingerprint density at radius 2 is 1.58 bits per heavy atom. The van der Waals surface area contributed by atoms with Gasteiger partial charge in [0.1, 0.15) is 5.75 Å². The van der Waals surface area contributed by atoms with Crippen LogP contribution in [0.3, 0.4) is 0 Å². The van der Waals surface area contributed by atoms with Crippen LogP contribution in [0.25, 0.3) is 0 Å². The van der Waals surface area contributed by atoms with Gasteiger partial charge in [0, 0.05) is 0 Å². The summed E-state index contributed by atoms with van der Waals surface area (Å²) >= 11 is 0. The fraction of sp³-hybridized carbons (Fsp3) is 0.381. The topological polar surface area (TPSA) is 38.3 Å². The Morgan fingerprint density at radius 1 is 0.958 bits per heavy atom. The summed E-state index contributed by atoms with van der Waals surface area (Å²) in [7, 11) is 0. The molecule has 0 heterocycles. The average molecular weight is 325 g/mol. The second-order valence-corrected chi connectivity index (χ2v) is 6.59. The highest BCUT2D eigenvalue weighted by Crippen LogP contribution is 2.26. The van der Waals surface area contributed by atoms with E-state index < -0.39 is 6.10 Å². The van der Waals surface area contributed by atoms with Gasteiger partial charge in [0.2, 0.25) is 0 Å². The van der Waals surface area contributed by atoms with E-state index in [1.165, 1.54) is 5.56 Å². The lowest BCUT2D eigenvalue weighted by molar-refractivity contribution is -0.127. The third kappa shape index (κ3) is 4.60. The SMILES string of the molecule is Cc1ccc(C(C)NC(=O)C(C)Oc2ccccc2C(C)C)cc1. The second kappa shape index (κ2) is 8.00. The Balaban J connectivity index is 2.01. The molecule has 1 N–H and O–H groups in total. The van der Waals surface area contributed by atoms with Gasteiger partial charge in [-0.2, -0.15) is 0 Å². The molecule has 2 atom stereocenters. The summed E-state index contributed by atoms with van der Waals surface area (Å²) in [5.74, 6) is 1.02. The van der Waals surface area contributed by atoms with Gasteiger partial charge in [-0.3, -0.25) is 4.79 Å². The Morgan fingerprint density at radius 3 is 2.21 bits per heavy atom. The molecule has 0 aliphatic carbocycles. The van der Waals surface area contributed by atoms with Gasteiger partial charge in [0.25, 0.3) is 5.91 Å². The van der Waals surface area contributed by atoms with Crippen LogP contribution in [-0.4, -0.2) is 12.0 Å². The van der Waals surface area contributed by atoms with Gasteiger partial charge in [0.05, 0.1) is 6.04 Å². The monoisotopic (exact) mass is 325 g/mol. The number of ether oxygens (including phenoxy) is 1. The zero-order valence-electron chi connectivity index (χ0n) is 15.2. The molecule has 24 heavy (non-hydrogen) atoms. The molecule has 0 fully saturated rings. The zero-order valence-corrected chi connectivity index (χ0v) is 15.2. The minimum Gasteiger partial charge on any atom is -0.481 e. The molecule has 0 aromatic heterocycles. The summed E-state index contributed by atoms with van der Waals surface area (Å²) in [5, 5.41) is 3.02. The van der Waals surface area contributed by atoms with E-state index in [-0.39, 0.29) is 11.9 Å². The third-order valence-corrected chi connectivity index (χ3v) is 4.15. The van der Waals surface area contributed by atoms with Crippen molar-refractivity contribution in [3.63, 3.8) is 0 Å². The molecule has 0 bridgehead atoms. The van der Waals surface area contributed by atoms with Crippen molar-refractivity contribution in [2.45, 2.75) is 52.7 Å². The quantitative estimate of drug-likeness (QED) is 0.831. The van der Waals surface area contributed by atoms with Crippen molar-refractivity contribution < 1.29 is 9.53 Å². The molecule has 1 amide bonds. The van der Waals surface area contributed by atoms with Crippen LogP contribution in [0.4, 0.5) is 0 Å². The summed E-state index contributed by atoms with van der Waals surface area (Å²) < 4.78 is 5.91. The van der Waals surface area contributed by atoms with Gasteiger partial charge in [-0.1, -0.05) is 61.9 Å². The van der Waals surface area contributed by atoms with Crippen LogP contribution < -0.4 is 10.1 Å². The van der Waals surface area contributed by atoms with Crippen LogP contribution >= 0.6 is 0 Å². The van der Waals surface area contributed by atoms with Crippen molar-refractivity contribution >= 4 is 5.91 Å². The average Bonchev–Trinajstić information content (AvgIpc) is 2.55. The molecule has 0 saturated heterocycles. The van der Waals surface area contributed by atoms with Gasteiger partial charge in [-0.05, 0) is 43.9 Å². The maximum atomic E-state index is 12.4. The van der Waals surface area contributed by atoms with Crippen molar-refractivity contribution in [2.24, 2.45) is 0 Å². The first-order valence-corrected chi connectivity index (χ1v) is 8.51. The Hall–Kier alpha value is -2.29. The molecule has 2 aromatic carbocycles. The number of carbonyl (C=O) groups is 1. The lowest BCUT2D eigenvalue weighted by atomic mass is 10.0. The molecule has 0 radical (unpaired) electrons. The van der Waals surface area contributed by atoms with Crippen LogP contribution in [0.5, 0.6) is 5.75 Å². The number of amides is 1. The Bertz CT molecular complexity index is 676. The zero-order chi connectivity index (χ0) is 17.7. The summed E-state index contributed by atoms with van der Waals surface area (Å²) in [4.78, 5) is 12.4. The number of nitrogens with one attached hydrogen (secondary N) is 1. The molecule has 128 valence electrons. The van der Waals surface area contributed by atoms with E-state index in [0.717, 1.165) is 16.9 Å². The van der Waals surface area contributed by atoms with E-state index in [1.807, 2.05) is 43.3 Å². The molecule has 3 nitrogen and oxygen atoms in total. The van der Waals surface area contributed by atoms with Crippen LogP contribution in [0, 0.1) is 6.92 Å². The highest BCUT2D eigenvalue weighted by Gasteiger charge is 2.19. The maximum Gasteiger partial charge on any atom is 0.261 e. The van der Waals surface area contributed by atoms with Crippen molar-refractivity contribution in [1.82, 2.24) is 5.32 Å². The van der Waals surface area contributed by atoms with Gasteiger partial charge < -0.3 is 10.1 Å². The highest BCUT2D eigenvalue weighted by molar-refractivity contribution is 5.81. The molecule has 0 spiro atoms. The molecule has 2 unspecified atom stereocenters. The number of hydrogen-bond acceptors (Lipinski definition) is 2. The normalized spacial score (nSPS) is 13.4. The van der Waals surface area contributed by atoms with Crippen LogP contribution in [-0.2, 0) is 4.79 Å². The molecule has 3 heteroatoms. The van der Waals surface area contributed by atoms with Crippen LogP contribution in [0.1, 0.15) is 56.3 Å². The fourth-order valence-corrected chi connectivity index (χ4v) is 2.58. The molecule has 0 aliphatic heterocycles. The van der Waals surface area contributed by atoms with Gasteiger partial charge in [0.15, 0.2) is 6.10 Å². The van der Waals surface area contributed by atoms with Crippen LogP contribution in [0.15, 0.2) is 48.5 Å². The summed E-state index contributed by atoms with van der Waals surface area (Å²) in [6.07, 6.45) is -0.544. The molecule has 2 aromatic rings. The molecule has 0 saturated carbocycles. The van der Waals surface area contributed by atoms with Crippen LogP contribution in [0.2, 0.25) is 0 Å². The molecule has 2 rings (SSSR count). The predicted molar refractivity (Wildman–Crippen MR) is 98.4 cm³/mol. The Kier molecular flexibility index (Phi) is 6.02. The minimum absolute atomic E-state index is 0.0514. The second-order valence-electron chi connectivity index (χ2n) is 6.59. The number of carbonyl (C=O) groups excluding carboxylic acids is 1. The maximum absolute atomic E-state index is 12.4. The van der Waals surface area contributed by atoms with Gasteiger partial charge in [-0.25, -0.2) is 0 Å². The predicted octanol–water partition coefficient (Wildman–Crippen LogP) is 4.76. The minimum atomic E-state index is -0.544. The van der Waals surface area contributed by atoms with Crippen molar-refractivity contribution in [2.75, 3.05) is 0 Å². The lowest BCUT2D eigenvalue weighted by Crippen LogP contribution is -2.37. The first-order chi connectivity index (χ1) is 11.4. The van der Waals surface area contributed by atoms with Crippen molar-refractivity contribution in [3.05, 3.63) is 65.2 Å². The number of rotatable bonds is 6. The van der Waals surface area contributed by atoms with Gasteiger partial charge >= 0.3 is 0 Å². The van der Waals surface area contributed by atoms with E-state index >= 15 is 0 Å². The summed E-state index contributed by atoms with van der Waals surface area (Å²) in [6, 6.07) is 16.0. The number of para-hydroxylation sites is 1. The first-order valence-electron chi connectivity index (χ1n) is 8.51. The first kappa shape index (κ1) is 18.1. The molecular weight excluding hydrogens is 298 g/mol. The van der Waals surface area contributed by atoms with E-state index in [0.29, 0.717) is 5.92 Å². The molecule has 0 aliphatic rings. The fourth-order valence-electron chi connectivity index (χ4n) is 2.58. The van der Waals surface area contributed by atoms with Gasteiger partial charge in [-0.15, -0.1) is 0 Å². The number of benzene rings is 2. The molecular formula is C21H27NO2. The summed E-state index contributed by atoms with van der Waals surface area (Å²) in [5.41, 5.74) is 3.41. The van der Waals surface area contributed by atoms with E-state index in [2.05, 4.69) is 38.2 Å². The largest absolute Gasteiger partial charge is 0.481 e.